The number of hydrogen-bond acceptors (Lipinski definition) is 2. The van der Waals surface area contributed by atoms with Gasteiger partial charge in [0.15, 0.2) is 0 Å². The molecule has 0 aliphatic heterocycles. The Morgan fingerprint density at radius 3 is 3.00 bits per heavy atom. The topological polar surface area (TPSA) is 32.6 Å². The lowest BCUT2D eigenvalue weighted by Gasteiger charge is -2.18. The van der Waals surface area contributed by atoms with Crippen LogP contribution >= 0.6 is 0 Å². The van der Waals surface area contributed by atoms with E-state index in [-0.39, 0.29) is 0 Å². The lowest BCUT2D eigenvalue weighted by molar-refractivity contribution is 0.309. The molecule has 0 heterocycles. The Morgan fingerprint density at radius 1 is 1.30 bits per heavy atom. The van der Waals surface area contributed by atoms with E-state index in [1.807, 2.05) is 0 Å². The minimum atomic E-state index is 0.642. The number of fused-ring (bicyclic) bond motifs is 2. The van der Waals surface area contributed by atoms with Gasteiger partial charge in [0.2, 0.25) is 0 Å². The molecule has 2 atom stereocenters. The van der Waals surface area contributed by atoms with Crippen molar-refractivity contribution in [2.24, 2.45) is 17.0 Å². The van der Waals surface area contributed by atoms with Gasteiger partial charge in [-0.25, -0.2) is 0 Å². The van der Waals surface area contributed by atoms with E-state index < -0.39 is 0 Å². The SMILES string of the molecule is O/N=C1\CCC2CCC1C2. The maximum absolute atomic E-state index is 8.60. The van der Waals surface area contributed by atoms with Gasteiger partial charge >= 0.3 is 0 Å². The molecule has 2 nitrogen and oxygen atoms in total. The number of nitrogens with zero attached hydrogens (tertiary/aromatic N) is 1. The van der Waals surface area contributed by atoms with Crippen LogP contribution in [-0.2, 0) is 0 Å². The van der Waals surface area contributed by atoms with Gasteiger partial charge in [0, 0.05) is 5.92 Å². The van der Waals surface area contributed by atoms with E-state index in [1.54, 1.807) is 0 Å². The first-order chi connectivity index (χ1) is 4.90. The van der Waals surface area contributed by atoms with Gasteiger partial charge in [0.25, 0.3) is 0 Å². The molecule has 0 saturated heterocycles. The zero-order valence-electron chi connectivity index (χ0n) is 6.08. The second kappa shape index (κ2) is 2.26. The minimum absolute atomic E-state index is 0.642. The Morgan fingerprint density at radius 2 is 2.20 bits per heavy atom. The third kappa shape index (κ3) is 0.825. The van der Waals surface area contributed by atoms with Crippen LogP contribution in [0.2, 0.25) is 0 Å². The molecule has 2 unspecified atom stereocenters. The predicted molar refractivity (Wildman–Crippen MR) is 39.3 cm³/mol. The largest absolute Gasteiger partial charge is 0.411 e. The van der Waals surface area contributed by atoms with E-state index in [2.05, 4.69) is 5.16 Å². The summed E-state index contributed by atoms with van der Waals surface area (Å²) in [4.78, 5) is 0. The summed E-state index contributed by atoms with van der Waals surface area (Å²) >= 11 is 0. The van der Waals surface area contributed by atoms with E-state index in [0.29, 0.717) is 5.92 Å². The summed E-state index contributed by atoms with van der Waals surface area (Å²) in [6.45, 7) is 0. The van der Waals surface area contributed by atoms with Crippen molar-refractivity contribution in [2.75, 3.05) is 0 Å². The summed E-state index contributed by atoms with van der Waals surface area (Å²) < 4.78 is 0. The molecule has 10 heavy (non-hydrogen) atoms. The first-order valence-corrected chi connectivity index (χ1v) is 4.11. The molecule has 0 spiro atoms. The molecule has 2 aliphatic rings. The van der Waals surface area contributed by atoms with Crippen molar-refractivity contribution in [3.05, 3.63) is 0 Å². The van der Waals surface area contributed by atoms with Crippen molar-refractivity contribution >= 4 is 5.71 Å². The predicted octanol–water partition coefficient (Wildman–Crippen LogP) is 2.03. The summed E-state index contributed by atoms with van der Waals surface area (Å²) in [5, 5.41) is 11.9. The molecule has 0 aromatic carbocycles. The monoisotopic (exact) mass is 139 g/mol. The summed E-state index contributed by atoms with van der Waals surface area (Å²) in [7, 11) is 0. The van der Waals surface area contributed by atoms with Crippen molar-refractivity contribution in [1.82, 2.24) is 0 Å². The molecule has 0 aromatic heterocycles. The molecule has 2 heteroatoms. The van der Waals surface area contributed by atoms with Crippen molar-refractivity contribution in [2.45, 2.75) is 32.1 Å². The molecule has 2 rings (SSSR count). The normalized spacial score (nSPS) is 42.6. The van der Waals surface area contributed by atoms with E-state index in [9.17, 15) is 0 Å². The number of rotatable bonds is 0. The first-order valence-electron chi connectivity index (χ1n) is 4.11. The average Bonchev–Trinajstić information content (AvgIpc) is 2.34. The van der Waals surface area contributed by atoms with Crippen LogP contribution in [0.1, 0.15) is 32.1 Å². The lowest BCUT2D eigenvalue weighted by atomic mass is 9.88. The Labute approximate surface area is 60.9 Å². The molecule has 2 bridgehead atoms. The fourth-order valence-corrected chi connectivity index (χ4v) is 2.33. The second-order valence-electron chi connectivity index (χ2n) is 3.51. The van der Waals surface area contributed by atoms with Crippen LogP contribution in [0.25, 0.3) is 0 Å². The molecule has 0 amide bonds. The fourth-order valence-electron chi connectivity index (χ4n) is 2.33. The van der Waals surface area contributed by atoms with Gasteiger partial charge in [-0.3, -0.25) is 0 Å². The summed E-state index contributed by atoms with van der Waals surface area (Å²) in [6, 6.07) is 0. The van der Waals surface area contributed by atoms with Crippen LogP contribution in [0, 0.1) is 11.8 Å². The standard InChI is InChI=1S/C8H13NO/c10-9-8-4-2-6-1-3-7(8)5-6/h6-7,10H,1-5H2/b9-8+. The van der Waals surface area contributed by atoms with Gasteiger partial charge in [-0.15, -0.1) is 0 Å². The van der Waals surface area contributed by atoms with Crippen molar-refractivity contribution in [3.63, 3.8) is 0 Å². The highest BCUT2D eigenvalue weighted by Crippen LogP contribution is 2.40. The Balaban J connectivity index is 2.14. The van der Waals surface area contributed by atoms with Crippen LogP contribution in [-0.4, -0.2) is 10.9 Å². The molecule has 2 saturated carbocycles. The zero-order chi connectivity index (χ0) is 6.97. The third-order valence-electron chi connectivity index (χ3n) is 2.95. The van der Waals surface area contributed by atoms with E-state index in [4.69, 9.17) is 5.21 Å². The van der Waals surface area contributed by atoms with Gasteiger partial charge in [0.05, 0.1) is 5.71 Å². The quantitative estimate of drug-likeness (QED) is 0.404. The number of hydrogen-bond donors (Lipinski definition) is 1. The maximum atomic E-state index is 8.60. The summed E-state index contributed by atoms with van der Waals surface area (Å²) in [5.41, 5.74) is 1.06. The highest BCUT2D eigenvalue weighted by molar-refractivity contribution is 5.87. The highest BCUT2D eigenvalue weighted by atomic mass is 16.4. The Kier molecular flexibility index (Phi) is 1.40. The first kappa shape index (κ1) is 6.20. The molecule has 2 aliphatic carbocycles. The van der Waals surface area contributed by atoms with Crippen LogP contribution in [0.15, 0.2) is 5.16 Å². The van der Waals surface area contributed by atoms with Crippen LogP contribution in [0.5, 0.6) is 0 Å². The van der Waals surface area contributed by atoms with Crippen LogP contribution in [0.4, 0.5) is 0 Å². The van der Waals surface area contributed by atoms with Crippen molar-refractivity contribution in [1.29, 1.82) is 0 Å². The zero-order valence-corrected chi connectivity index (χ0v) is 6.08. The molecule has 0 aromatic rings. The van der Waals surface area contributed by atoms with Crippen LogP contribution < -0.4 is 0 Å². The van der Waals surface area contributed by atoms with Gasteiger partial charge in [0.1, 0.15) is 0 Å². The summed E-state index contributed by atoms with van der Waals surface area (Å²) in [6.07, 6.45) is 6.23. The van der Waals surface area contributed by atoms with Gasteiger partial charge < -0.3 is 5.21 Å². The Hall–Kier alpha value is -0.530. The third-order valence-corrected chi connectivity index (χ3v) is 2.95. The molecule has 56 valence electrons. The molecule has 2 fully saturated rings. The van der Waals surface area contributed by atoms with Gasteiger partial charge in [-0.05, 0) is 38.0 Å². The smallest absolute Gasteiger partial charge is 0.0601 e. The van der Waals surface area contributed by atoms with Gasteiger partial charge in [-0.2, -0.15) is 0 Å². The molecule has 0 radical (unpaired) electrons. The second-order valence-corrected chi connectivity index (χ2v) is 3.51. The maximum Gasteiger partial charge on any atom is 0.0601 e. The minimum Gasteiger partial charge on any atom is -0.411 e. The Bertz CT molecular complexity index is 165. The summed E-state index contributed by atoms with van der Waals surface area (Å²) in [5.74, 6) is 1.60. The van der Waals surface area contributed by atoms with E-state index in [1.165, 1.54) is 25.7 Å². The van der Waals surface area contributed by atoms with Gasteiger partial charge in [-0.1, -0.05) is 5.16 Å². The fraction of sp³-hybridized carbons (Fsp3) is 0.875. The number of oxime groups is 1. The van der Waals surface area contributed by atoms with Crippen molar-refractivity contribution < 1.29 is 5.21 Å². The van der Waals surface area contributed by atoms with E-state index >= 15 is 0 Å². The van der Waals surface area contributed by atoms with Crippen LogP contribution in [0.3, 0.4) is 0 Å². The average molecular weight is 139 g/mol. The van der Waals surface area contributed by atoms with E-state index in [0.717, 1.165) is 18.1 Å². The lowest BCUT2D eigenvalue weighted by Crippen LogP contribution is -2.17. The molecular weight excluding hydrogens is 126 g/mol. The molecule has 1 N–H and O–H groups in total. The molecular formula is C8H13NO. The van der Waals surface area contributed by atoms with Crippen molar-refractivity contribution in [3.8, 4) is 0 Å². The highest BCUT2D eigenvalue weighted by Gasteiger charge is 2.33.